The van der Waals surface area contributed by atoms with Crippen molar-refractivity contribution < 1.29 is 54.9 Å². The van der Waals surface area contributed by atoms with Gasteiger partial charge < -0.3 is 18.9 Å². The van der Waals surface area contributed by atoms with Crippen LogP contribution >= 0.6 is 11.3 Å². The van der Waals surface area contributed by atoms with Crippen LogP contribution in [0.15, 0.2) is 72.1 Å². The molecule has 0 saturated carbocycles. The molecule has 1 aliphatic rings. The van der Waals surface area contributed by atoms with E-state index in [9.17, 15) is 35.9 Å². The summed E-state index contributed by atoms with van der Waals surface area (Å²) in [5.74, 6) is -3.74. The van der Waals surface area contributed by atoms with Crippen molar-refractivity contribution in [3.8, 4) is 0 Å². The van der Waals surface area contributed by atoms with Crippen LogP contribution in [0.25, 0.3) is 0 Å². The van der Waals surface area contributed by atoms with E-state index in [0.29, 0.717) is 19.1 Å². The van der Waals surface area contributed by atoms with E-state index in [-0.39, 0.29) is 18.4 Å². The van der Waals surface area contributed by atoms with Gasteiger partial charge in [-0.1, -0.05) is 60.7 Å². The molecule has 1 heterocycles. The van der Waals surface area contributed by atoms with Crippen molar-refractivity contribution in [2.24, 2.45) is 0 Å². The molecule has 0 spiro atoms. The zero-order chi connectivity index (χ0) is 30.1. The average molecular weight is 603 g/mol. The Morgan fingerprint density at radius 3 is 1.63 bits per heavy atom. The van der Waals surface area contributed by atoms with E-state index in [0.717, 1.165) is 24.3 Å². The number of carbonyl (C=O) groups excluding carboxylic acids is 2. The molecule has 0 saturated heterocycles. The zero-order valence-electron chi connectivity index (χ0n) is 21.6. The van der Waals surface area contributed by atoms with Crippen molar-refractivity contribution in [3.05, 3.63) is 93.7 Å². The van der Waals surface area contributed by atoms with E-state index >= 15 is 0 Å². The third-order valence-electron chi connectivity index (χ3n) is 6.92. The second-order valence-electron chi connectivity index (χ2n) is 9.11. The minimum atomic E-state index is -5.30. The highest BCUT2D eigenvalue weighted by Gasteiger charge is 2.66. The van der Waals surface area contributed by atoms with Gasteiger partial charge in [0.05, 0.1) is 0 Å². The minimum Gasteiger partial charge on any atom is -0.455 e. The van der Waals surface area contributed by atoms with Crippen molar-refractivity contribution in [2.75, 3.05) is 14.2 Å². The summed E-state index contributed by atoms with van der Waals surface area (Å²) in [5, 5.41) is 1.58. The Labute approximate surface area is 234 Å². The number of halogens is 6. The number of esters is 2. The molecule has 3 aromatic rings. The predicted molar refractivity (Wildman–Crippen MR) is 134 cm³/mol. The molecule has 0 radical (unpaired) electrons. The molecule has 0 fully saturated rings. The van der Waals surface area contributed by atoms with Crippen LogP contribution in [-0.2, 0) is 46.2 Å². The molecule has 0 bridgehead atoms. The number of rotatable bonds is 8. The highest BCUT2D eigenvalue weighted by molar-refractivity contribution is 7.10. The summed E-state index contributed by atoms with van der Waals surface area (Å²) in [6.07, 6.45) is -13.8. The number of hydrogen-bond donors (Lipinski definition) is 0. The van der Waals surface area contributed by atoms with Crippen molar-refractivity contribution >= 4 is 23.3 Å². The highest BCUT2D eigenvalue weighted by atomic mass is 32.1. The predicted octanol–water partition coefficient (Wildman–Crippen LogP) is 6.40. The molecule has 1 aliphatic carbocycles. The van der Waals surface area contributed by atoms with Crippen LogP contribution in [0.3, 0.4) is 0 Å². The molecule has 4 rings (SSSR count). The molecule has 0 N–H and O–H groups in total. The third-order valence-corrected chi connectivity index (χ3v) is 7.92. The van der Waals surface area contributed by atoms with E-state index in [1.54, 1.807) is 5.38 Å². The molecule has 1 aromatic heterocycles. The lowest BCUT2D eigenvalue weighted by Gasteiger charge is -2.38. The second kappa shape index (κ2) is 11.5. The van der Waals surface area contributed by atoms with Crippen LogP contribution in [0.1, 0.15) is 34.1 Å². The fraction of sp³-hybridized carbons (Fsp3) is 0.357. The summed E-state index contributed by atoms with van der Waals surface area (Å²) in [5.41, 5.74) is -8.05. The Bertz CT molecular complexity index is 1360. The molecule has 0 unspecified atom stereocenters. The van der Waals surface area contributed by atoms with E-state index in [1.807, 2.05) is 0 Å². The topological polar surface area (TPSA) is 71.1 Å². The van der Waals surface area contributed by atoms with Gasteiger partial charge in [-0.2, -0.15) is 26.3 Å². The zero-order valence-corrected chi connectivity index (χ0v) is 22.4. The first-order chi connectivity index (χ1) is 19.3. The largest absolute Gasteiger partial charge is 0.455 e. The molecule has 13 heteroatoms. The summed E-state index contributed by atoms with van der Waals surface area (Å²) in [6.45, 7) is 0. The van der Waals surface area contributed by atoms with Gasteiger partial charge >= 0.3 is 24.3 Å². The molecule has 0 amide bonds. The molecule has 6 nitrogen and oxygen atoms in total. The van der Waals surface area contributed by atoms with Crippen LogP contribution in [0, 0.1) is 0 Å². The first-order valence-electron chi connectivity index (χ1n) is 12.2. The SMILES string of the molecule is CO[C@@](C(=O)O[C@H]1CCc2sccc2[C@H]1OC(=O)[C@](OC)(c1ccccc1)C(F)(F)F)(c1ccccc1)C(F)(F)F. The van der Waals surface area contributed by atoms with Crippen LogP contribution in [-0.4, -0.2) is 44.6 Å². The van der Waals surface area contributed by atoms with Crippen LogP contribution in [0.2, 0.25) is 0 Å². The number of methoxy groups -OCH3 is 2. The quantitative estimate of drug-likeness (QED) is 0.220. The number of alkyl halides is 6. The molecule has 220 valence electrons. The Morgan fingerprint density at radius 1 is 0.732 bits per heavy atom. The Hall–Kier alpha value is -3.42. The lowest BCUT2D eigenvalue weighted by molar-refractivity contribution is -0.286. The third kappa shape index (κ3) is 5.22. The van der Waals surface area contributed by atoms with Gasteiger partial charge in [-0.15, -0.1) is 11.3 Å². The normalized spacial score (nSPS) is 20.3. The molecule has 4 atom stereocenters. The van der Waals surface area contributed by atoms with Gasteiger partial charge in [-0.25, -0.2) is 9.59 Å². The molecule has 2 aromatic carbocycles. The highest BCUT2D eigenvalue weighted by Crippen LogP contribution is 2.47. The first kappa shape index (κ1) is 30.5. The van der Waals surface area contributed by atoms with Crippen LogP contribution in [0.5, 0.6) is 0 Å². The van der Waals surface area contributed by atoms with Gasteiger partial charge in [0, 0.05) is 35.8 Å². The first-order valence-corrected chi connectivity index (χ1v) is 13.0. The number of carbonyl (C=O) groups is 2. The molecule has 41 heavy (non-hydrogen) atoms. The summed E-state index contributed by atoms with van der Waals surface area (Å²) in [6, 6.07) is 13.5. The number of thiophene rings is 1. The number of fused-ring (bicyclic) bond motifs is 1. The Kier molecular flexibility index (Phi) is 8.53. The average Bonchev–Trinajstić information content (AvgIpc) is 3.40. The summed E-state index contributed by atoms with van der Waals surface area (Å²) < 4.78 is 107. The standard InChI is InChI=1S/C28H24F6O6S/c1-37-25(27(29,30)31,17-9-5-3-6-10-17)23(35)39-20-13-14-21-19(15-16-41-21)22(20)40-24(36)26(38-2,28(32,33)34)18-11-7-4-8-12-18/h3-12,15-16,20,22H,13-14H2,1-2H3/t20-,22+,25+,26+/m0/s1. The summed E-state index contributed by atoms with van der Waals surface area (Å²) in [7, 11) is 1.37. The van der Waals surface area contributed by atoms with Gasteiger partial charge in [0.1, 0.15) is 6.10 Å². The van der Waals surface area contributed by atoms with E-state index in [2.05, 4.69) is 0 Å². The van der Waals surface area contributed by atoms with Crippen molar-refractivity contribution in [3.63, 3.8) is 0 Å². The smallest absolute Gasteiger partial charge is 0.432 e. The van der Waals surface area contributed by atoms with E-state index in [1.165, 1.54) is 53.8 Å². The number of benzene rings is 2. The van der Waals surface area contributed by atoms with Gasteiger partial charge in [-0.3, -0.25) is 0 Å². The maximum atomic E-state index is 14.5. The Balaban J connectivity index is 1.74. The maximum absolute atomic E-state index is 14.5. The fourth-order valence-corrected chi connectivity index (χ4v) is 5.82. The number of hydrogen-bond acceptors (Lipinski definition) is 7. The summed E-state index contributed by atoms with van der Waals surface area (Å²) >= 11 is 1.21. The van der Waals surface area contributed by atoms with E-state index in [4.69, 9.17) is 18.9 Å². The van der Waals surface area contributed by atoms with Gasteiger partial charge in [0.2, 0.25) is 0 Å². The van der Waals surface area contributed by atoms with Crippen LogP contribution in [0.4, 0.5) is 26.3 Å². The minimum absolute atomic E-state index is 0.138. The van der Waals surface area contributed by atoms with Gasteiger partial charge in [0.25, 0.3) is 11.2 Å². The fourth-order valence-electron chi connectivity index (χ4n) is 4.89. The lowest BCUT2D eigenvalue weighted by atomic mass is 9.90. The van der Waals surface area contributed by atoms with E-state index < -0.39 is 58.8 Å². The maximum Gasteiger partial charge on any atom is 0.432 e. The molecular weight excluding hydrogens is 578 g/mol. The van der Waals surface area contributed by atoms with Crippen molar-refractivity contribution in [1.82, 2.24) is 0 Å². The number of ether oxygens (including phenoxy) is 4. The molecule has 0 aliphatic heterocycles. The van der Waals surface area contributed by atoms with Gasteiger partial charge in [-0.05, 0) is 24.3 Å². The number of aryl methyl sites for hydroxylation is 1. The van der Waals surface area contributed by atoms with Crippen LogP contribution < -0.4 is 0 Å². The lowest BCUT2D eigenvalue weighted by Crippen LogP contribution is -2.54. The van der Waals surface area contributed by atoms with Crippen molar-refractivity contribution in [1.29, 1.82) is 0 Å². The Morgan fingerprint density at radius 2 is 1.20 bits per heavy atom. The summed E-state index contributed by atoms with van der Waals surface area (Å²) in [4.78, 5) is 27.3. The van der Waals surface area contributed by atoms with Gasteiger partial charge in [0.15, 0.2) is 6.10 Å². The molecular formula is C28H24F6O6S. The monoisotopic (exact) mass is 602 g/mol. The second-order valence-corrected chi connectivity index (χ2v) is 10.1. The van der Waals surface area contributed by atoms with Crippen molar-refractivity contribution in [2.45, 2.75) is 48.6 Å².